The molecule has 0 aromatic carbocycles. The molecule has 1 aromatic rings. The van der Waals surface area contributed by atoms with Gasteiger partial charge in [-0.05, 0) is 44.6 Å². The molecule has 3 fully saturated rings. The highest BCUT2D eigenvalue weighted by Gasteiger charge is 2.34. The second-order valence-electron chi connectivity index (χ2n) is 6.90. The van der Waals surface area contributed by atoms with E-state index >= 15 is 0 Å². The van der Waals surface area contributed by atoms with E-state index in [1.165, 1.54) is 43.7 Å². The Hall–Kier alpha value is -1.14. The van der Waals surface area contributed by atoms with Crippen LogP contribution in [0.2, 0.25) is 0 Å². The number of urea groups is 1. The van der Waals surface area contributed by atoms with E-state index in [1.54, 1.807) is 11.3 Å². The normalized spacial score (nSPS) is 25.4. The number of nitrogens with one attached hydrogen (secondary N) is 2. The van der Waals surface area contributed by atoms with Crippen LogP contribution in [0.3, 0.4) is 0 Å². The number of amides is 2. The molecule has 22 heavy (non-hydrogen) atoms. The molecule has 5 nitrogen and oxygen atoms in total. The molecular weight excluding hydrogens is 296 g/mol. The molecule has 0 bridgehead atoms. The van der Waals surface area contributed by atoms with Crippen LogP contribution < -0.4 is 10.6 Å². The average molecular weight is 320 g/mol. The van der Waals surface area contributed by atoms with Gasteiger partial charge in [-0.2, -0.15) is 0 Å². The summed E-state index contributed by atoms with van der Waals surface area (Å²) in [6, 6.07) is 0.787. The maximum atomic E-state index is 11.9. The molecule has 1 saturated heterocycles. The van der Waals surface area contributed by atoms with Crippen LogP contribution >= 0.6 is 11.3 Å². The smallest absolute Gasteiger partial charge is 0.315 e. The summed E-state index contributed by atoms with van der Waals surface area (Å²) in [7, 11) is 0. The van der Waals surface area contributed by atoms with E-state index in [2.05, 4.69) is 25.9 Å². The van der Waals surface area contributed by atoms with Gasteiger partial charge in [0.2, 0.25) is 0 Å². The van der Waals surface area contributed by atoms with Crippen LogP contribution in [-0.4, -0.2) is 41.6 Å². The second kappa shape index (κ2) is 6.16. The minimum atomic E-state index is -0.0640. The van der Waals surface area contributed by atoms with E-state index in [-0.39, 0.29) is 6.03 Å². The third kappa shape index (κ3) is 3.60. The van der Waals surface area contributed by atoms with Crippen molar-refractivity contribution in [2.75, 3.05) is 19.6 Å². The molecular formula is C16H24N4OS. The van der Waals surface area contributed by atoms with Gasteiger partial charge in [-0.15, -0.1) is 11.3 Å². The zero-order valence-corrected chi connectivity index (χ0v) is 13.7. The summed E-state index contributed by atoms with van der Waals surface area (Å²) in [6.45, 7) is 3.69. The van der Waals surface area contributed by atoms with Gasteiger partial charge in [-0.3, -0.25) is 0 Å². The molecule has 2 heterocycles. The molecule has 120 valence electrons. The van der Waals surface area contributed by atoms with Crippen LogP contribution in [0.5, 0.6) is 0 Å². The number of hydrogen-bond donors (Lipinski definition) is 2. The number of carbonyl (C=O) groups is 1. The van der Waals surface area contributed by atoms with E-state index in [0.717, 1.165) is 24.8 Å². The number of hydrogen-bond acceptors (Lipinski definition) is 4. The van der Waals surface area contributed by atoms with Crippen LogP contribution in [0.15, 0.2) is 5.38 Å². The molecule has 4 rings (SSSR count). The van der Waals surface area contributed by atoms with Crippen molar-refractivity contribution < 1.29 is 4.79 Å². The SMILES string of the molecule is O=C(NCc1csc(C2CC2)n1)NCC1CCN(C2CC2)C1. The molecule has 2 aliphatic carbocycles. The summed E-state index contributed by atoms with van der Waals surface area (Å²) in [5.74, 6) is 1.32. The molecule has 0 radical (unpaired) electrons. The van der Waals surface area contributed by atoms with Crippen LogP contribution in [0, 0.1) is 5.92 Å². The number of thiazole rings is 1. The van der Waals surface area contributed by atoms with Gasteiger partial charge in [0.25, 0.3) is 0 Å². The Morgan fingerprint density at radius 2 is 2.14 bits per heavy atom. The average Bonchev–Trinajstić information content (AvgIpc) is 3.46. The lowest BCUT2D eigenvalue weighted by Crippen LogP contribution is -2.38. The fourth-order valence-electron chi connectivity index (χ4n) is 3.19. The summed E-state index contributed by atoms with van der Waals surface area (Å²) in [5, 5.41) is 9.25. The van der Waals surface area contributed by atoms with Gasteiger partial charge in [0, 0.05) is 30.4 Å². The number of rotatable bonds is 6. The predicted molar refractivity (Wildman–Crippen MR) is 87.0 cm³/mol. The Bertz CT molecular complexity index is 538. The van der Waals surface area contributed by atoms with Crippen molar-refractivity contribution in [1.82, 2.24) is 20.5 Å². The summed E-state index contributed by atoms with van der Waals surface area (Å²) in [5.41, 5.74) is 0.989. The largest absolute Gasteiger partial charge is 0.338 e. The monoisotopic (exact) mass is 320 g/mol. The lowest BCUT2D eigenvalue weighted by molar-refractivity contribution is 0.238. The van der Waals surface area contributed by atoms with E-state index in [1.807, 2.05) is 0 Å². The molecule has 6 heteroatoms. The second-order valence-corrected chi connectivity index (χ2v) is 7.79. The molecule has 2 amide bonds. The Labute approximate surface area is 135 Å². The minimum absolute atomic E-state index is 0.0640. The van der Waals surface area contributed by atoms with Crippen LogP contribution in [0.4, 0.5) is 4.79 Å². The van der Waals surface area contributed by atoms with Gasteiger partial charge >= 0.3 is 6.03 Å². The topological polar surface area (TPSA) is 57.3 Å². The molecule has 2 saturated carbocycles. The molecule has 1 unspecified atom stereocenters. The molecule has 3 aliphatic rings. The molecule has 1 atom stereocenters. The standard InChI is InChI=1S/C16H24N4OS/c21-16(17-7-11-5-6-20(9-11)14-3-4-14)18-8-13-10-22-15(19-13)12-1-2-12/h10-12,14H,1-9H2,(H2,17,18,21). The van der Waals surface area contributed by atoms with Gasteiger partial charge < -0.3 is 15.5 Å². The Kier molecular flexibility index (Phi) is 4.05. The highest BCUT2D eigenvalue weighted by atomic mass is 32.1. The van der Waals surface area contributed by atoms with Crippen molar-refractivity contribution in [1.29, 1.82) is 0 Å². The highest BCUT2D eigenvalue weighted by molar-refractivity contribution is 7.09. The lowest BCUT2D eigenvalue weighted by Gasteiger charge is -2.15. The summed E-state index contributed by atoms with van der Waals surface area (Å²) in [4.78, 5) is 19.1. The first-order chi connectivity index (χ1) is 10.8. The third-order valence-electron chi connectivity index (χ3n) is 4.86. The first-order valence-corrected chi connectivity index (χ1v) is 9.36. The van der Waals surface area contributed by atoms with E-state index in [9.17, 15) is 4.79 Å². The summed E-state index contributed by atoms with van der Waals surface area (Å²) >= 11 is 1.73. The number of likely N-dealkylation sites (tertiary alicyclic amines) is 1. The number of nitrogens with zero attached hydrogens (tertiary/aromatic N) is 2. The quantitative estimate of drug-likeness (QED) is 0.845. The zero-order valence-electron chi connectivity index (χ0n) is 12.9. The zero-order chi connectivity index (χ0) is 14.9. The van der Waals surface area contributed by atoms with Crippen LogP contribution in [-0.2, 0) is 6.54 Å². The third-order valence-corrected chi connectivity index (χ3v) is 5.91. The number of aromatic nitrogens is 1. The summed E-state index contributed by atoms with van der Waals surface area (Å²) in [6.07, 6.45) is 6.52. The molecule has 0 spiro atoms. The maximum Gasteiger partial charge on any atom is 0.315 e. The van der Waals surface area contributed by atoms with Crippen molar-refractivity contribution in [2.45, 2.75) is 50.6 Å². The van der Waals surface area contributed by atoms with E-state index in [0.29, 0.717) is 18.4 Å². The highest BCUT2D eigenvalue weighted by Crippen LogP contribution is 2.41. The molecule has 1 aromatic heterocycles. The first kappa shape index (κ1) is 14.5. The fraction of sp³-hybridized carbons (Fsp3) is 0.750. The van der Waals surface area contributed by atoms with Gasteiger partial charge in [0.1, 0.15) is 0 Å². The van der Waals surface area contributed by atoms with Gasteiger partial charge in [-0.25, -0.2) is 9.78 Å². The van der Waals surface area contributed by atoms with Crippen molar-refractivity contribution in [3.05, 3.63) is 16.1 Å². The molecule has 2 N–H and O–H groups in total. The first-order valence-electron chi connectivity index (χ1n) is 8.48. The van der Waals surface area contributed by atoms with Crippen molar-refractivity contribution in [3.63, 3.8) is 0 Å². The fourth-order valence-corrected chi connectivity index (χ4v) is 4.18. The Morgan fingerprint density at radius 1 is 1.27 bits per heavy atom. The van der Waals surface area contributed by atoms with Gasteiger partial charge in [-0.1, -0.05) is 0 Å². The van der Waals surface area contributed by atoms with E-state index in [4.69, 9.17) is 0 Å². The van der Waals surface area contributed by atoms with Crippen LogP contribution in [0.25, 0.3) is 0 Å². The number of carbonyl (C=O) groups excluding carboxylic acids is 1. The van der Waals surface area contributed by atoms with Crippen molar-refractivity contribution in [3.8, 4) is 0 Å². The lowest BCUT2D eigenvalue weighted by atomic mass is 10.1. The van der Waals surface area contributed by atoms with Crippen molar-refractivity contribution >= 4 is 17.4 Å². The van der Waals surface area contributed by atoms with Crippen LogP contribution in [0.1, 0.15) is 48.7 Å². The van der Waals surface area contributed by atoms with Crippen molar-refractivity contribution in [2.24, 2.45) is 5.92 Å². The predicted octanol–water partition coefficient (Wildman–Crippen LogP) is 2.30. The van der Waals surface area contributed by atoms with Gasteiger partial charge in [0.15, 0.2) is 0 Å². The van der Waals surface area contributed by atoms with Gasteiger partial charge in [0.05, 0.1) is 17.2 Å². The Balaban J connectivity index is 1.15. The summed E-state index contributed by atoms with van der Waals surface area (Å²) < 4.78 is 0. The maximum absolute atomic E-state index is 11.9. The molecule has 1 aliphatic heterocycles. The minimum Gasteiger partial charge on any atom is -0.338 e. The van der Waals surface area contributed by atoms with E-state index < -0.39 is 0 Å². The Morgan fingerprint density at radius 3 is 2.91 bits per heavy atom.